The molecule has 1 N–H and O–H groups in total. The van der Waals surface area contributed by atoms with Crippen LogP contribution < -0.4 is 0 Å². The Kier molecular flexibility index (Phi) is 8.44. The summed E-state index contributed by atoms with van der Waals surface area (Å²) in [7, 11) is 0. The molecule has 4 nitrogen and oxygen atoms in total. The minimum Gasteiger partial charge on any atom is -0.507 e. The molecular formula is C56H57N3O. The second kappa shape index (κ2) is 15.1. The lowest BCUT2D eigenvalue weighted by atomic mass is 9.79. The number of aromatic nitrogens is 3. The molecule has 0 fully saturated rings. The largest absolute Gasteiger partial charge is 0.507 e. The lowest BCUT2D eigenvalue weighted by Crippen LogP contribution is -2.17. The second-order valence-electron chi connectivity index (χ2n) is 19.1. The molecule has 0 aliphatic carbocycles. The second-order valence-corrected chi connectivity index (χ2v) is 19.1. The minimum absolute atomic E-state index is 0.125. The lowest BCUT2D eigenvalue weighted by molar-refractivity contribution is 0.446. The van der Waals surface area contributed by atoms with Crippen molar-refractivity contribution in [1.29, 1.82) is 0 Å². The molecule has 2 aromatic heterocycles. The van der Waals surface area contributed by atoms with Crippen LogP contribution in [0, 0.1) is 13.7 Å². The maximum atomic E-state index is 12.4. The topological polar surface area (TPSA) is 50.9 Å². The third-order valence-corrected chi connectivity index (χ3v) is 11.4. The quantitative estimate of drug-likeness (QED) is 0.182. The van der Waals surface area contributed by atoms with Gasteiger partial charge < -0.3 is 5.11 Å². The Morgan fingerprint density at radius 3 is 1.88 bits per heavy atom. The Hall–Kier alpha value is -6.26. The van der Waals surface area contributed by atoms with E-state index in [2.05, 4.69) is 92.6 Å². The van der Waals surface area contributed by atoms with E-state index in [-0.39, 0.29) is 27.7 Å². The van der Waals surface area contributed by atoms with Gasteiger partial charge >= 0.3 is 0 Å². The van der Waals surface area contributed by atoms with Gasteiger partial charge in [-0.2, -0.15) is 0 Å². The molecule has 2 heterocycles. The fraction of sp³-hybridized carbons (Fsp3) is 0.250. The summed E-state index contributed by atoms with van der Waals surface area (Å²) in [5.41, 5.74) is 11.9. The SMILES string of the molecule is [2H]C([2H])([2H])c1ccc(-c2ccnc(-c3cc(-c4cccc5c4nc(-c4cc(C(C)(C)C)cc(C(C)(C)C)c4O)n5-c4cc(-c5ccccc5)cc(C([2H])([2H])[2H])c4)cc(C(C)(C)C)c3)c2)cc1. The highest BCUT2D eigenvalue weighted by Gasteiger charge is 2.29. The molecule has 0 saturated carbocycles. The molecule has 60 heavy (non-hydrogen) atoms. The van der Waals surface area contributed by atoms with Crippen molar-refractivity contribution in [2.75, 3.05) is 0 Å². The highest BCUT2D eigenvalue weighted by molar-refractivity contribution is 5.97. The number of hydrogen-bond donors (Lipinski definition) is 1. The van der Waals surface area contributed by atoms with Gasteiger partial charge in [-0.25, -0.2) is 4.98 Å². The number of phenolic OH excluding ortho intramolecular Hbond substituents is 1. The number of fused-ring (bicyclic) bond motifs is 1. The van der Waals surface area contributed by atoms with Crippen molar-refractivity contribution in [3.63, 3.8) is 0 Å². The van der Waals surface area contributed by atoms with E-state index in [0.29, 0.717) is 22.6 Å². The van der Waals surface area contributed by atoms with Gasteiger partial charge in [-0.05, 0) is 123 Å². The van der Waals surface area contributed by atoms with Crippen LogP contribution in [0.5, 0.6) is 5.75 Å². The van der Waals surface area contributed by atoms with Gasteiger partial charge in [0.25, 0.3) is 0 Å². The Morgan fingerprint density at radius 2 is 1.20 bits per heavy atom. The van der Waals surface area contributed by atoms with E-state index >= 15 is 0 Å². The lowest BCUT2D eigenvalue weighted by Gasteiger charge is -2.27. The van der Waals surface area contributed by atoms with Crippen LogP contribution in [-0.2, 0) is 16.2 Å². The monoisotopic (exact) mass is 793 g/mol. The molecular weight excluding hydrogens is 731 g/mol. The van der Waals surface area contributed by atoms with Crippen molar-refractivity contribution in [1.82, 2.24) is 14.5 Å². The van der Waals surface area contributed by atoms with E-state index < -0.39 is 19.1 Å². The van der Waals surface area contributed by atoms with Crippen LogP contribution in [0.1, 0.15) is 98.4 Å². The highest BCUT2D eigenvalue weighted by Crippen LogP contribution is 2.45. The van der Waals surface area contributed by atoms with Crippen molar-refractivity contribution in [2.45, 2.75) is 92.3 Å². The van der Waals surface area contributed by atoms with E-state index in [1.54, 1.807) is 30.5 Å². The van der Waals surface area contributed by atoms with E-state index in [4.69, 9.17) is 18.2 Å². The van der Waals surface area contributed by atoms with Gasteiger partial charge in [0.15, 0.2) is 0 Å². The van der Waals surface area contributed by atoms with Crippen LogP contribution in [-0.4, -0.2) is 19.6 Å². The van der Waals surface area contributed by atoms with Gasteiger partial charge in [0.05, 0.1) is 22.3 Å². The number of aromatic hydroxyl groups is 1. The molecule has 0 atom stereocenters. The number of phenols is 1. The van der Waals surface area contributed by atoms with Gasteiger partial charge in [0, 0.05) is 36.8 Å². The maximum absolute atomic E-state index is 12.4. The van der Waals surface area contributed by atoms with Crippen molar-refractivity contribution in [3.8, 4) is 67.5 Å². The third kappa shape index (κ3) is 7.91. The fourth-order valence-corrected chi connectivity index (χ4v) is 7.92. The van der Waals surface area contributed by atoms with Crippen LogP contribution in [0.2, 0.25) is 0 Å². The average Bonchev–Trinajstić information content (AvgIpc) is 3.64. The summed E-state index contributed by atoms with van der Waals surface area (Å²) in [6.07, 6.45) is 1.78. The van der Waals surface area contributed by atoms with Gasteiger partial charge in [-0.15, -0.1) is 0 Å². The summed E-state index contributed by atoms with van der Waals surface area (Å²) < 4.78 is 51.3. The first-order valence-corrected chi connectivity index (χ1v) is 20.6. The summed E-state index contributed by atoms with van der Waals surface area (Å²) >= 11 is 0. The molecule has 0 aliphatic rings. The molecule has 8 aromatic rings. The van der Waals surface area contributed by atoms with E-state index in [1.165, 1.54) is 0 Å². The predicted octanol–water partition coefficient (Wildman–Crippen LogP) is 15.0. The number of aryl methyl sites for hydroxylation is 2. The van der Waals surface area contributed by atoms with Gasteiger partial charge in [0.1, 0.15) is 11.6 Å². The van der Waals surface area contributed by atoms with Gasteiger partial charge in [0.2, 0.25) is 0 Å². The molecule has 4 heteroatoms. The smallest absolute Gasteiger partial charge is 0.149 e. The number of pyridine rings is 1. The van der Waals surface area contributed by atoms with Gasteiger partial charge in [-0.1, -0.05) is 153 Å². The normalized spacial score (nSPS) is 14.2. The zero-order valence-corrected chi connectivity index (χ0v) is 36.1. The summed E-state index contributed by atoms with van der Waals surface area (Å²) in [5.74, 6) is 0.610. The molecule has 0 unspecified atom stereocenters. The Bertz CT molecular complexity index is 3110. The first kappa shape index (κ1) is 33.6. The van der Waals surface area contributed by atoms with Crippen LogP contribution in [0.3, 0.4) is 0 Å². The zero-order valence-electron chi connectivity index (χ0n) is 42.1. The van der Waals surface area contributed by atoms with E-state index in [1.807, 2.05) is 83.4 Å². The minimum atomic E-state index is -2.41. The molecule has 8 rings (SSSR count). The molecule has 6 aromatic carbocycles. The van der Waals surface area contributed by atoms with Crippen LogP contribution in [0.15, 0.2) is 140 Å². The van der Waals surface area contributed by atoms with E-state index in [9.17, 15) is 5.11 Å². The van der Waals surface area contributed by atoms with Crippen LogP contribution >= 0.6 is 0 Å². The average molecular weight is 794 g/mol. The number of imidazole rings is 1. The molecule has 0 radical (unpaired) electrons. The third-order valence-electron chi connectivity index (χ3n) is 11.4. The molecule has 0 aliphatic heterocycles. The van der Waals surface area contributed by atoms with Crippen molar-refractivity contribution in [3.05, 3.63) is 167 Å². The van der Waals surface area contributed by atoms with E-state index in [0.717, 1.165) is 66.8 Å². The zero-order chi connectivity index (χ0) is 47.7. The first-order chi connectivity index (χ1) is 30.8. The fourth-order valence-electron chi connectivity index (χ4n) is 7.92. The van der Waals surface area contributed by atoms with Crippen molar-refractivity contribution in [2.24, 2.45) is 0 Å². The molecule has 0 spiro atoms. The Labute approximate surface area is 365 Å². The number of hydrogen-bond acceptors (Lipinski definition) is 3. The van der Waals surface area contributed by atoms with Crippen molar-refractivity contribution < 1.29 is 13.3 Å². The predicted molar refractivity (Wildman–Crippen MR) is 253 cm³/mol. The van der Waals surface area contributed by atoms with Crippen LogP contribution in [0.25, 0.3) is 72.7 Å². The van der Waals surface area contributed by atoms with Gasteiger partial charge in [-0.3, -0.25) is 9.55 Å². The maximum Gasteiger partial charge on any atom is 0.149 e. The molecule has 0 saturated heterocycles. The standard InChI is InChI=1S/C56H57N3O/c1-35-20-22-38(23-21-35)39-24-25-57-49(32-39)42-28-41(29-43(30-42)54(3,4)5)46-18-15-19-50-51(46)58-53(47-33-44(55(6,7)8)34-48(52(47)60)56(9,10)11)59(50)45-27-36(2)26-40(31-45)37-16-13-12-14-17-37/h12-34,60H,1-11H3/i1D3,2D3. The number of nitrogens with zero attached hydrogens (tertiary/aromatic N) is 3. The number of benzene rings is 6. The number of rotatable bonds is 6. The summed E-state index contributed by atoms with van der Waals surface area (Å²) in [6, 6.07) is 42.9. The molecule has 0 bridgehead atoms. The number of para-hydroxylation sites is 1. The summed E-state index contributed by atoms with van der Waals surface area (Å²) in [4.78, 5) is 10.4. The molecule has 0 amide bonds. The van der Waals surface area contributed by atoms with Crippen LogP contribution in [0.4, 0.5) is 0 Å². The summed E-state index contributed by atoms with van der Waals surface area (Å²) in [6.45, 7) is 14.7. The summed E-state index contributed by atoms with van der Waals surface area (Å²) in [5, 5.41) is 12.4. The highest BCUT2D eigenvalue weighted by atomic mass is 16.3. The molecule has 302 valence electrons. The van der Waals surface area contributed by atoms with Crippen molar-refractivity contribution >= 4 is 11.0 Å². The Morgan fingerprint density at radius 1 is 0.517 bits per heavy atom. The first-order valence-electron chi connectivity index (χ1n) is 23.6. The Balaban J connectivity index is 1.42.